The van der Waals surface area contributed by atoms with E-state index in [9.17, 15) is 32.6 Å². The second kappa shape index (κ2) is 7.26. The minimum Gasteiger partial charge on any atom is -0.508 e. The van der Waals surface area contributed by atoms with Crippen molar-refractivity contribution in [2.75, 3.05) is 5.32 Å². The summed E-state index contributed by atoms with van der Waals surface area (Å²) < 4.78 is 57.2. The molecule has 31 heavy (non-hydrogen) atoms. The third-order valence-electron chi connectivity index (χ3n) is 6.00. The highest BCUT2D eigenvalue weighted by atomic mass is 19.4. The van der Waals surface area contributed by atoms with Crippen LogP contribution in [-0.2, 0) is 0 Å². The van der Waals surface area contributed by atoms with Crippen molar-refractivity contribution < 1.29 is 27.8 Å². The SMILES string of the molecule is CC[C@H]1C[C@@](O)(C(F)(F)F)[C@@H](Nc2c(F)ccc3[nH]c(=O)ccc23)c2cccc(O)c21. The van der Waals surface area contributed by atoms with Crippen molar-refractivity contribution in [3.63, 3.8) is 0 Å². The maximum atomic E-state index is 14.8. The van der Waals surface area contributed by atoms with Crippen molar-refractivity contribution in [3.8, 4) is 5.75 Å². The van der Waals surface area contributed by atoms with Crippen LogP contribution in [0.3, 0.4) is 0 Å². The maximum absolute atomic E-state index is 14.8. The van der Waals surface area contributed by atoms with E-state index >= 15 is 0 Å². The molecular weight excluding hydrogens is 416 g/mol. The Morgan fingerprint density at radius 3 is 2.61 bits per heavy atom. The van der Waals surface area contributed by atoms with Crippen LogP contribution in [0.15, 0.2) is 47.3 Å². The topological polar surface area (TPSA) is 85.4 Å². The summed E-state index contributed by atoms with van der Waals surface area (Å²) in [6.45, 7) is 1.67. The first-order valence-electron chi connectivity index (χ1n) is 9.75. The minimum absolute atomic E-state index is 0.0405. The number of aromatic nitrogens is 1. The number of alkyl halides is 3. The van der Waals surface area contributed by atoms with E-state index < -0.39 is 41.5 Å². The molecule has 2 aromatic carbocycles. The maximum Gasteiger partial charge on any atom is 0.419 e. The molecule has 0 aliphatic heterocycles. The van der Waals surface area contributed by atoms with E-state index in [1.807, 2.05) is 0 Å². The second-order valence-corrected chi connectivity index (χ2v) is 7.79. The summed E-state index contributed by atoms with van der Waals surface area (Å²) in [4.78, 5) is 14.1. The number of aromatic hydroxyl groups is 1. The van der Waals surface area contributed by atoms with Crippen LogP contribution < -0.4 is 10.9 Å². The fourth-order valence-corrected chi connectivity index (χ4v) is 4.44. The number of pyridine rings is 1. The van der Waals surface area contributed by atoms with Gasteiger partial charge in [0.15, 0.2) is 5.60 Å². The van der Waals surface area contributed by atoms with Crippen LogP contribution in [0.25, 0.3) is 10.9 Å². The molecular formula is C22H20F4N2O3. The van der Waals surface area contributed by atoms with Crippen molar-refractivity contribution in [2.45, 2.75) is 43.5 Å². The molecule has 3 aromatic rings. The summed E-state index contributed by atoms with van der Waals surface area (Å²) in [5, 5.41) is 24.0. The van der Waals surface area contributed by atoms with Gasteiger partial charge in [0.1, 0.15) is 11.6 Å². The Morgan fingerprint density at radius 1 is 1.19 bits per heavy atom. The van der Waals surface area contributed by atoms with Crippen LogP contribution in [0.2, 0.25) is 0 Å². The molecule has 4 N–H and O–H groups in total. The van der Waals surface area contributed by atoms with Crippen molar-refractivity contribution >= 4 is 16.6 Å². The lowest BCUT2D eigenvalue weighted by molar-refractivity contribution is -0.272. The Morgan fingerprint density at radius 2 is 1.94 bits per heavy atom. The molecule has 0 saturated carbocycles. The Hall–Kier alpha value is -3.07. The summed E-state index contributed by atoms with van der Waals surface area (Å²) in [6.07, 6.45) is -5.46. The van der Waals surface area contributed by atoms with Crippen LogP contribution in [0, 0.1) is 5.82 Å². The number of hydrogen-bond donors (Lipinski definition) is 4. The number of halogens is 4. The smallest absolute Gasteiger partial charge is 0.419 e. The van der Waals surface area contributed by atoms with Crippen LogP contribution >= 0.6 is 0 Å². The number of benzene rings is 2. The molecule has 3 atom stereocenters. The van der Waals surface area contributed by atoms with Gasteiger partial charge < -0.3 is 20.5 Å². The lowest BCUT2D eigenvalue weighted by atomic mass is 9.69. The van der Waals surface area contributed by atoms with Gasteiger partial charge in [0.25, 0.3) is 0 Å². The highest BCUT2D eigenvalue weighted by Crippen LogP contribution is 2.55. The third-order valence-corrected chi connectivity index (χ3v) is 6.00. The second-order valence-electron chi connectivity index (χ2n) is 7.79. The van der Waals surface area contributed by atoms with Gasteiger partial charge in [-0.1, -0.05) is 19.1 Å². The number of hydrogen-bond acceptors (Lipinski definition) is 4. The molecule has 5 nitrogen and oxygen atoms in total. The molecule has 0 fully saturated rings. The fourth-order valence-electron chi connectivity index (χ4n) is 4.44. The monoisotopic (exact) mass is 436 g/mol. The highest BCUT2D eigenvalue weighted by Gasteiger charge is 2.62. The van der Waals surface area contributed by atoms with Gasteiger partial charge in [0.05, 0.1) is 17.2 Å². The fraction of sp³-hybridized carbons (Fsp3) is 0.318. The summed E-state index contributed by atoms with van der Waals surface area (Å²) in [5.41, 5.74) is -3.39. The zero-order valence-corrected chi connectivity index (χ0v) is 16.4. The van der Waals surface area contributed by atoms with Crippen LogP contribution in [0.5, 0.6) is 5.75 Å². The number of rotatable bonds is 3. The van der Waals surface area contributed by atoms with Gasteiger partial charge in [-0.05, 0) is 48.6 Å². The first-order valence-corrected chi connectivity index (χ1v) is 9.75. The number of aromatic amines is 1. The largest absolute Gasteiger partial charge is 0.508 e. The summed E-state index contributed by atoms with van der Waals surface area (Å²) in [7, 11) is 0. The lowest BCUT2D eigenvalue weighted by Crippen LogP contribution is -2.55. The van der Waals surface area contributed by atoms with E-state index in [0.29, 0.717) is 5.56 Å². The molecule has 4 rings (SSSR count). The number of H-pyrrole nitrogens is 1. The van der Waals surface area contributed by atoms with E-state index in [1.165, 1.54) is 30.3 Å². The average molecular weight is 436 g/mol. The van der Waals surface area contributed by atoms with Crippen molar-refractivity contribution in [2.24, 2.45) is 0 Å². The predicted octanol–water partition coefficient (Wildman–Crippen LogP) is 4.72. The van der Waals surface area contributed by atoms with Gasteiger partial charge in [-0.25, -0.2) is 4.39 Å². The van der Waals surface area contributed by atoms with Crippen molar-refractivity contribution in [1.29, 1.82) is 0 Å². The van der Waals surface area contributed by atoms with Gasteiger partial charge in [-0.2, -0.15) is 13.2 Å². The molecule has 0 radical (unpaired) electrons. The zero-order valence-electron chi connectivity index (χ0n) is 16.4. The highest BCUT2D eigenvalue weighted by molar-refractivity contribution is 5.91. The molecule has 0 spiro atoms. The summed E-state index contributed by atoms with van der Waals surface area (Å²) >= 11 is 0. The molecule has 1 aliphatic carbocycles. The third kappa shape index (κ3) is 3.33. The zero-order chi connectivity index (χ0) is 22.6. The Balaban J connectivity index is 1.95. The van der Waals surface area contributed by atoms with E-state index in [-0.39, 0.29) is 34.3 Å². The number of fused-ring (bicyclic) bond motifs is 2. The number of phenolic OH excluding ortho intramolecular Hbond substituents is 1. The molecule has 0 amide bonds. The van der Waals surface area contributed by atoms with Gasteiger partial charge in [-0.15, -0.1) is 0 Å². The van der Waals surface area contributed by atoms with Gasteiger partial charge in [-0.3, -0.25) is 4.79 Å². The molecule has 1 aliphatic rings. The first kappa shape index (κ1) is 21.2. The quantitative estimate of drug-likeness (QED) is 0.448. The van der Waals surface area contributed by atoms with E-state index in [0.717, 1.165) is 12.1 Å². The minimum atomic E-state index is -5.03. The number of phenols is 1. The van der Waals surface area contributed by atoms with Gasteiger partial charge >= 0.3 is 6.18 Å². The summed E-state index contributed by atoms with van der Waals surface area (Å²) in [6, 6.07) is 7.12. The number of aliphatic hydroxyl groups is 1. The first-order chi connectivity index (χ1) is 14.6. The standard InChI is InChI=1S/C22H20F4N2O3/c1-2-11-10-21(31,22(24,25)26)20(13-4-3-5-16(29)18(11)13)28-19-12-6-9-17(30)27-15(12)8-7-14(19)23/h3-9,11,20,28-29,31H,2,10H2,1H3,(H,27,30)/t11-,20-,21-/m0/s1. The van der Waals surface area contributed by atoms with Crippen molar-refractivity contribution in [3.05, 3.63) is 69.8 Å². The normalized spacial score (nSPS) is 23.5. The Bertz CT molecular complexity index is 1210. The number of nitrogens with one attached hydrogen (secondary N) is 2. The van der Waals surface area contributed by atoms with Gasteiger partial charge in [0, 0.05) is 17.0 Å². The van der Waals surface area contributed by atoms with Gasteiger partial charge in [0.2, 0.25) is 5.56 Å². The Kier molecular flexibility index (Phi) is 4.96. The van der Waals surface area contributed by atoms with E-state index in [2.05, 4.69) is 10.3 Å². The van der Waals surface area contributed by atoms with Crippen LogP contribution in [0.1, 0.15) is 42.9 Å². The lowest BCUT2D eigenvalue weighted by Gasteiger charge is -2.45. The molecule has 9 heteroatoms. The average Bonchev–Trinajstić information content (AvgIpc) is 2.70. The summed E-state index contributed by atoms with van der Waals surface area (Å²) in [5.74, 6) is -1.76. The molecule has 1 heterocycles. The molecule has 0 unspecified atom stereocenters. The molecule has 0 saturated heterocycles. The van der Waals surface area contributed by atoms with E-state index in [1.54, 1.807) is 6.92 Å². The molecule has 1 aromatic heterocycles. The Labute approximate surface area is 174 Å². The number of anilines is 1. The van der Waals surface area contributed by atoms with Crippen molar-refractivity contribution in [1.82, 2.24) is 4.98 Å². The van der Waals surface area contributed by atoms with E-state index in [4.69, 9.17) is 0 Å². The van der Waals surface area contributed by atoms with Crippen LogP contribution in [-0.4, -0.2) is 27.0 Å². The molecule has 0 bridgehead atoms. The van der Waals surface area contributed by atoms with Crippen LogP contribution in [0.4, 0.5) is 23.2 Å². The predicted molar refractivity (Wildman–Crippen MR) is 108 cm³/mol. The molecule has 164 valence electrons.